The molecule has 2 N–H and O–H groups in total. The maximum absolute atomic E-state index is 12.3. The standard InChI is InChI=1S/C20H24N2O5/c1-13(21-10-14-4-6-16(24-2)18(8-14)25-3)20(23)22-11-15-5-7-17-19(9-15)27-12-26-17/h4-9,13,21H,10-12H2,1-3H3,(H,22,23)/t13-/m0/s1. The number of methoxy groups -OCH3 is 2. The smallest absolute Gasteiger partial charge is 0.237 e. The number of ether oxygens (including phenoxy) is 4. The molecule has 0 radical (unpaired) electrons. The molecule has 0 aliphatic carbocycles. The van der Waals surface area contributed by atoms with Crippen LogP contribution in [0.2, 0.25) is 0 Å². The van der Waals surface area contributed by atoms with Crippen LogP contribution in [0.4, 0.5) is 0 Å². The first kappa shape index (κ1) is 18.8. The van der Waals surface area contributed by atoms with Crippen molar-refractivity contribution < 1.29 is 23.7 Å². The van der Waals surface area contributed by atoms with Gasteiger partial charge in [-0.05, 0) is 42.3 Å². The molecule has 0 bridgehead atoms. The molecular formula is C20H24N2O5. The van der Waals surface area contributed by atoms with Crippen molar-refractivity contribution in [1.82, 2.24) is 10.6 Å². The van der Waals surface area contributed by atoms with Gasteiger partial charge in [-0.1, -0.05) is 12.1 Å². The van der Waals surface area contributed by atoms with E-state index in [9.17, 15) is 4.79 Å². The van der Waals surface area contributed by atoms with Crippen molar-refractivity contribution in [2.75, 3.05) is 21.0 Å². The molecule has 2 aromatic carbocycles. The predicted octanol–water partition coefficient (Wildman–Crippen LogP) is 2.23. The molecule has 144 valence electrons. The summed E-state index contributed by atoms with van der Waals surface area (Å²) in [6.07, 6.45) is 0. The van der Waals surface area contributed by atoms with E-state index in [0.717, 1.165) is 16.9 Å². The molecule has 1 aliphatic rings. The third kappa shape index (κ3) is 4.62. The quantitative estimate of drug-likeness (QED) is 0.740. The van der Waals surface area contributed by atoms with Crippen LogP contribution in [0.25, 0.3) is 0 Å². The van der Waals surface area contributed by atoms with Gasteiger partial charge < -0.3 is 29.6 Å². The van der Waals surface area contributed by atoms with Crippen molar-refractivity contribution in [3.05, 3.63) is 47.5 Å². The van der Waals surface area contributed by atoms with Gasteiger partial charge in [0.15, 0.2) is 23.0 Å². The number of benzene rings is 2. The van der Waals surface area contributed by atoms with Crippen molar-refractivity contribution in [2.45, 2.75) is 26.1 Å². The van der Waals surface area contributed by atoms with Crippen molar-refractivity contribution in [3.63, 3.8) is 0 Å². The van der Waals surface area contributed by atoms with E-state index in [1.807, 2.05) is 43.3 Å². The Labute approximate surface area is 158 Å². The summed E-state index contributed by atoms with van der Waals surface area (Å²) in [5.74, 6) is 2.71. The minimum absolute atomic E-state index is 0.0758. The van der Waals surface area contributed by atoms with Crippen LogP contribution in [-0.2, 0) is 17.9 Å². The van der Waals surface area contributed by atoms with Crippen LogP contribution < -0.4 is 29.6 Å². The van der Waals surface area contributed by atoms with E-state index < -0.39 is 0 Å². The summed E-state index contributed by atoms with van der Waals surface area (Å²) in [7, 11) is 3.20. The topological polar surface area (TPSA) is 78.1 Å². The molecule has 0 saturated heterocycles. The number of carbonyl (C=O) groups is 1. The summed E-state index contributed by atoms with van der Waals surface area (Å²) in [5, 5.41) is 6.14. The van der Waals surface area contributed by atoms with Gasteiger partial charge in [0.1, 0.15) is 0 Å². The van der Waals surface area contributed by atoms with Gasteiger partial charge in [0.25, 0.3) is 0 Å². The zero-order valence-electron chi connectivity index (χ0n) is 15.7. The van der Waals surface area contributed by atoms with Crippen molar-refractivity contribution in [1.29, 1.82) is 0 Å². The molecule has 2 aromatic rings. The minimum Gasteiger partial charge on any atom is -0.493 e. The Kier molecular flexibility index (Phi) is 6.03. The maximum Gasteiger partial charge on any atom is 0.237 e. The number of hydrogen-bond donors (Lipinski definition) is 2. The Hall–Kier alpha value is -2.93. The van der Waals surface area contributed by atoms with E-state index in [2.05, 4.69) is 10.6 Å². The van der Waals surface area contributed by atoms with Gasteiger partial charge in [0.05, 0.1) is 20.3 Å². The molecule has 7 nitrogen and oxygen atoms in total. The van der Waals surface area contributed by atoms with Gasteiger partial charge >= 0.3 is 0 Å². The fourth-order valence-corrected chi connectivity index (χ4v) is 2.75. The number of hydrogen-bond acceptors (Lipinski definition) is 6. The van der Waals surface area contributed by atoms with Crippen LogP contribution >= 0.6 is 0 Å². The highest BCUT2D eigenvalue weighted by molar-refractivity contribution is 5.81. The van der Waals surface area contributed by atoms with Crippen LogP contribution in [0, 0.1) is 0 Å². The Bertz CT molecular complexity index is 809. The Balaban J connectivity index is 1.49. The lowest BCUT2D eigenvalue weighted by Gasteiger charge is -2.15. The third-order valence-corrected chi connectivity index (χ3v) is 4.36. The molecule has 0 aromatic heterocycles. The lowest BCUT2D eigenvalue weighted by molar-refractivity contribution is -0.122. The minimum atomic E-state index is -0.341. The lowest BCUT2D eigenvalue weighted by Crippen LogP contribution is -2.41. The highest BCUT2D eigenvalue weighted by Crippen LogP contribution is 2.32. The molecule has 0 saturated carbocycles. The van der Waals surface area contributed by atoms with Crippen LogP contribution in [0.5, 0.6) is 23.0 Å². The molecule has 1 amide bonds. The summed E-state index contributed by atoms with van der Waals surface area (Å²) >= 11 is 0. The summed E-state index contributed by atoms with van der Waals surface area (Å²) in [5.41, 5.74) is 1.96. The molecule has 0 unspecified atom stereocenters. The average molecular weight is 372 g/mol. The van der Waals surface area contributed by atoms with Crippen LogP contribution in [0.15, 0.2) is 36.4 Å². The number of rotatable bonds is 8. The first-order chi connectivity index (χ1) is 13.1. The number of fused-ring (bicyclic) bond motifs is 1. The van der Waals surface area contributed by atoms with E-state index in [1.165, 1.54) is 0 Å². The van der Waals surface area contributed by atoms with Gasteiger partial charge in [-0.25, -0.2) is 0 Å². The van der Waals surface area contributed by atoms with Crippen molar-refractivity contribution in [2.24, 2.45) is 0 Å². The highest BCUT2D eigenvalue weighted by Gasteiger charge is 2.15. The number of carbonyl (C=O) groups excluding carboxylic acids is 1. The van der Waals surface area contributed by atoms with E-state index in [1.54, 1.807) is 14.2 Å². The van der Waals surface area contributed by atoms with Gasteiger partial charge in [-0.15, -0.1) is 0 Å². The SMILES string of the molecule is COc1ccc(CN[C@@H](C)C(=O)NCc2ccc3c(c2)OCO3)cc1OC. The molecule has 1 atom stereocenters. The van der Waals surface area contributed by atoms with Crippen molar-refractivity contribution in [3.8, 4) is 23.0 Å². The largest absolute Gasteiger partial charge is 0.493 e. The molecular weight excluding hydrogens is 348 g/mol. The second-order valence-corrected chi connectivity index (χ2v) is 6.20. The lowest BCUT2D eigenvalue weighted by atomic mass is 10.1. The van der Waals surface area contributed by atoms with E-state index in [-0.39, 0.29) is 18.7 Å². The molecule has 27 heavy (non-hydrogen) atoms. The van der Waals surface area contributed by atoms with Crippen LogP contribution in [-0.4, -0.2) is 33.0 Å². The second kappa shape index (κ2) is 8.64. The first-order valence-electron chi connectivity index (χ1n) is 8.71. The predicted molar refractivity (Wildman–Crippen MR) is 100 cm³/mol. The molecule has 7 heteroatoms. The molecule has 1 heterocycles. The van der Waals surface area contributed by atoms with Crippen LogP contribution in [0.1, 0.15) is 18.1 Å². The highest BCUT2D eigenvalue weighted by atomic mass is 16.7. The van der Waals surface area contributed by atoms with Crippen LogP contribution in [0.3, 0.4) is 0 Å². The average Bonchev–Trinajstić information content (AvgIpc) is 3.17. The summed E-state index contributed by atoms with van der Waals surface area (Å²) in [6.45, 7) is 3.04. The number of amides is 1. The zero-order valence-corrected chi connectivity index (χ0v) is 15.7. The normalized spacial score (nSPS) is 13.1. The van der Waals surface area contributed by atoms with Gasteiger partial charge in [0.2, 0.25) is 12.7 Å². The summed E-state index contributed by atoms with van der Waals surface area (Å²) in [4.78, 5) is 12.3. The Morgan fingerprint density at radius 3 is 2.48 bits per heavy atom. The molecule has 0 fully saturated rings. The fourth-order valence-electron chi connectivity index (χ4n) is 2.75. The third-order valence-electron chi connectivity index (χ3n) is 4.36. The molecule has 0 spiro atoms. The van der Waals surface area contributed by atoms with E-state index >= 15 is 0 Å². The Morgan fingerprint density at radius 2 is 1.70 bits per heavy atom. The Morgan fingerprint density at radius 1 is 1.00 bits per heavy atom. The van der Waals surface area contributed by atoms with Gasteiger partial charge in [-0.3, -0.25) is 4.79 Å². The fraction of sp³-hybridized carbons (Fsp3) is 0.350. The molecule has 1 aliphatic heterocycles. The second-order valence-electron chi connectivity index (χ2n) is 6.20. The van der Waals surface area contributed by atoms with Gasteiger partial charge in [0, 0.05) is 13.1 Å². The monoisotopic (exact) mass is 372 g/mol. The summed E-state index contributed by atoms with van der Waals surface area (Å²) < 4.78 is 21.2. The van der Waals surface area contributed by atoms with Crippen molar-refractivity contribution >= 4 is 5.91 Å². The molecule has 3 rings (SSSR count). The first-order valence-corrected chi connectivity index (χ1v) is 8.71. The van der Waals surface area contributed by atoms with E-state index in [4.69, 9.17) is 18.9 Å². The maximum atomic E-state index is 12.3. The number of nitrogens with one attached hydrogen (secondary N) is 2. The zero-order chi connectivity index (χ0) is 19.2. The summed E-state index contributed by atoms with van der Waals surface area (Å²) in [6, 6.07) is 11.0. The van der Waals surface area contributed by atoms with Gasteiger partial charge in [-0.2, -0.15) is 0 Å². The van der Waals surface area contributed by atoms with E-state index in [0.29, 0.717) is 30.3 Å².